The molecule has 1 aliphatic heterocycles. The molecule has 0 amide bonds. The number of aromatic nitrogens is 2. The molecule has 0 saturated heterocycles. The molecule has 0 bridgehead atoms. The first-order valence-corrected chi connectivity index (χ1v) is 9.83. The summed E-state index contributed by atoms with van der Waals surface area (Å²) in [7, 11) is 0. The summed E-state index contributed by atoms with van der Waals surface area (Å²) in [5, 5.41) is 7.98. The Morgan fingerprint density at radius 3 is 2.83 bits per heavy atom. The van der Waals surface area contributed by atoms with Gasteiger partial charge in [-0.1, -0.05) is 23.7 Å². The van der Waals surface area contributed by atoms with E-state index in [-0.39, 0.29) is 0 Å². The highest BCUT2D eigenvalue weighted by atomic mass is 35.5. The van der Waals surface area contributed by atoms with Gasteiger partial charge in [-0.25, -0.2) is 9.97 Å². The maximum Gasteiger partial charge on any atom is 0.160 e. The number of nitrogens with zero attached hydrogens (tertiary/aromatic N) is 3. The highest BCUT2D eigenvalue weighted by Crippen LogP contribution is 2.39. The fourth-order valence-electron chi connectivity index (χ4n) is 2.98. The van der Waals surface area contributed by atoms with Crippen molar-refractivity contribution < 1.29 is 9.47 Å². The lowest BCUT2D eigenvalue weighted by Crippen LogP contribution is -2.00. The van der Waals surface area contributed by atoms with Crippen molar-refractivity contribution in [2.24, 2.45) is 5.92 Å². The molecule has 0 spiro atoms. The van der Waals surface area contributed by atoms with Crippen molar-refractivity contribution >= 4 is 34.9 Å². The molecule has 2 heterocycles. The third-order valence-corrected chi connectivity index (χ3v) is 5.11. The lowest BCUT2D eigenvalue weighted by atomic mass is 10.2. The number of fused-ring (bicyclic) bond motifs is 1. The van der Waals surface area contributed by atoms with Gasteiger partial charge in [0.2, 0.25) is 0 Å². The Kier molecular flexibility index (Phi) is 4.69. The molecule has 1 aromatic heterocycles. The van der Waals surface area contributed by atoms with Crippen LogP contribution < -0.4 is 20.1 Å². The molecule has 1 saturated carbocycles. The summed E-state index contributed by atoms with van der Waals surface area (Å²) in [5.41, 5.74) is 2.14. The molecule has 1 N–H and O–H groups in total. The van der Waals surface area contributed by atoms with Gasteiger partial charge in [-0.3, -0.25) is 5.32 Å². The Bertz CT molecular complexity index is 1080. The molecular formula is C22H18ClN4O2. The van der Waals surface area contributed by atoms with Gasteiger partial charge in [-0.05, 0) is 49.1 Å². The topological polar surface area (TPSA) is 70.4 Å². The van der Waals surface area contributed by atoms with Gasteiger partial charge in [0.1, 0.15) is 34.3 Å². The van der Waals surface area contributed by atoms with E-state index in [0.717, 1.165) is 18.1 Å². The quantitative estimate of drug-likeness (QED) is 0.548. The van der Waals surface area contributed by atoms with Crippen LogP contribution in [0.2, 0.25) is 5.02 Å². The highest BCUT2D eigenvalue weighted by molar-refractivity contribution is 6.34. The smallest absolute Gasteiger partial charge is 0.160 e. The predicted molar refractivity (Wildman–Crippen MR) is 112 cm³/mol. The van der Waals surface area contributed by atoms with Crippen molar-refractivity contribution in [3.8, 4) is 17.2 Å². The lowest BCUT2D eigenvalue weighted by Gasteiger charge is -2.14. The summed E-state index contributed by atoms with van der Waals surface area (Å²) in [4.78, 5) is 8.47. The molecule has 7 heteroatoms. The van der Waals surface area contributed by atoms with Crippen molar-refractivity contribution in [1.29, 1.82) is 0 Å². The Morgan fingerprint density at radius 1 is 1.07 bits per heavy atom. The number of halogens is 1. The van der Waals surface area contributed by atoms with E-state index >= 15 is 0 Å². The fraction of sp³-hybridized carbons (Fsp3) is 0.182. The monoisotopic (exact) mass is 405 g/mol. The van der Waals surface area contributed by atoms with Gasteiger partial charge < -0.3 is 14.8 Å². The second kappa shape index (κ2) is 7.64. The van der Waals surface area contributed by atoms with E-state index in [2.05, 4.69) is 20.6 Å². The summed E-state index contributed by atoms with van der Waals surface area (Å²) < 4.78 is 11.9. The van der Waals surface area contributed by atoms with E-state index in [1.165, 1.54) is 19.2 Å². The largest absolute Gasteiger partial charge is 0.493 e. The van der Waals surface area contributed by atoms with Crippen LogP contribution in [0.1, 0.15) is 18.5 Å². The van der Waals surface area contributed by atoms with Crippen LogP contribution in [0.25, 0.3) is 6.08 Å². The normalized spacial score (nSPS) is 14.2. The molecule has 1 aliphatic carbocycles. The van der Waals surface area contributed by atoms with Crippen LogP contribution >= 0.6 is 11.6 Å². The zero-order chi connectivity index (χ0) is 19.6. The first-order valence-electron chi connectivity index (χ1n) is 9.45. The first kappa shape index (κ1) is 17.8. The zero-order valence-electron chi connectivity index (χ0n) is 15.5. The van der Waals surface area contributed by atoms with Gasteiger partial charge in [0, 0.05) is 12.3 Å². The SMILES string of the molecule is Clc1c(Nc2ncnc3c2[N]C=C3)cccc1Oc1cccc(OCC2CC2)c1. The number of hydrogen-bond acceptors (Lipinski definition) is 5. The third-order valence-electron chi connectivity index (χ3n) is 4.72. The Balaban J connectivity index is 1.34. The van der Waals surface area contributed by atoms with Crippen molar-refractivity contribution in [3.05, 3.63) is 65.7 Å². The maximum absolute atomic E-state index is 6.60. The van der Waals surface area contributed by atoms with E-state index in [9.17, 15) is 0 Å². The van der Waals surface area contributed by atoms with Crippen LogP contribution in [0.5, 0.6) is 17.2 Å². The second-order valence-electron chi connectivity index (χ2n) is 6.97. The number of nitrogens with one attached hydrogen (secondary N) is 1. The zero-order valence-corrected chi connectivity index (χ0v) is 16.3. The van der Waals surface area contributed by atoms with Gasteiger partial charge in [0.25, 0.3) is 0 Å². The van der Waals surface area contributed by atoms with Crippen LogP contribution in [0.15, 0.2) is 55.0 Å². The second-order valence-corrected chi connectivity index (χ2v) is 7.35. The van der Waals surface area contributed by atoms with Crippen molar-refractivity contribution in [2.75, 3.05) is 11.9 Å². The summed E-state index contributed by atoms with van der Waals surface area (Å²) in [6.45, 7) is 0.757. The predicted octanol–water partition coefficient (Wildman–Crippen LogP) is 5.67. The number of anilines is 2. The molecule has 2 aromatic carbocycles. The molecule has 3 aromatic rings. The average Bonchev–Trinajstić information content (AvgIpc) is 3.44. The first-order chi connectivity index (χ1) is 14.3. The molecule has 6 nitrogen and oxygen atoms in total. The summed E-state index contributed by atoms with van der Waals surface area (Å²) in [6.07, 6.45) is 7.54. The number of ether oxygens (including phenoxy) is 2. The standard InChI is InChI=1S/C22H18ClN4O2/c23-20-17(27-22-21-18(9-10-24-21)25-13-26-22)5-2-6-19(20)29-16-4-1-3-15(11-16)28-12-14-7-8-14/h1-6,9-11,13-14H,7-8,12H2,(H,25,26,27). The molecule has 1 radical (unpaired) electrons. The van der Waals surface area contributed by atoms with Crippen LogP contribution in [0, 0.1) is 5.92 Å². The number of benzene rings is 2. The van der Waals surface area contributed by atoms with Crippen LogP contribution in [-0.4, -0.2) is 16.6 Å². The van der Waals surface area contributed by atoms with Gasteiger partial charge in [-0.2, -0.15) is 0 Å². The Labute approximate surface area is 173 Å². The van der Waals surface area contributed by atoms with Crippen LogP contribution in [0.3, 0.4) is 0 Å². The molecule has 29 heavy (non-hydrogen) atoms. The van der Waals surface area contributed by atoms with Gasteiger partial charge in [0.05, 0.1) is 18.0 Å². The molecular weight excluding hydrogens is 388 g/mol. The minimum absolute atomic E-state index is 0.454. The highest BCUT2D eigenvalue weighted by Gasteiger charge is 2.22. The molecule has 5 rings (SSSR count). The van der Waals surface area contributed by atoms with E-state index in [1.54, 1.807) is 6.20 Å². The maximum atomic E-state index is 6.60. The van der Waals surface area contributed by atoms with E-state index < -0.39 is 0 Å². The van der Waals surface area contributed by atoms with E-state index in [0.29, 0.717) is 39.6 Å². The molecule has 1 fully saturated rings. The van der Waals surface area contributed by atoms with Crippen molar-refractivity contribution in [2.45, 2.75) is 12.8 Å². The van der Waals surface area contributed by atoms with Gasteiger partial charge in [-0.15, -0.1) is 0 Å². The van der Waals surface area contributed by atoms with Gasteiger partial charge >= 0.3 is 0 Å². The average molecular weight is 406 g/mol. The number of hydrogen-bond donors (Lipinski definition) is 1. The number of rotatable bonds is 7. The summed E-state index contributed by atoms with van der Waals surface area (Å²) in [6, 6.07) is 13.1. The molecule has 2 aliphatic rings. The third kappa shape index (κ3) is 3.98. The van der Waals surface area contributed by atoms with Crippen molar-refractivity contribution in [3.63, 3.8) is 0 Å². The Morgan fingerprint density at radius 2 is 1.93 bits per heavy atom. The molecule has 0 unspecified atom stereocenters. The van der Waals surface area contributed by atoms with Crippen LogP contribution in [-0.2, 0) is 0 Å². The summed E-state index contributed by atoms with van der Waals surface area (Å²) in [5.74, 6) is 3.29. The Hall–Kier alpha value is -3.25. The van der Waals surface area contributed by atoms with E-state index in [4.69, 9.17) is 21.1 Å². The lowest BCUT2D eigenvalue weighted by molar-refractivity contribution is 0.298. The fourth-order valence-corrected chi connectivity index (χ4v) is 3.19. The molecule has 145 valence electrons. The molecule has 0 atom stereocenters. The summed E-state index contributed by atoms with van der Waals surface area (Å²) >= 11 is 6.60. The minimum Gasteiger partial charge on any atom is -0.493 e. The van der Waals surface area contributed by atoms with Gasteiger partial charge in [0.15, 0.2) is 5.82 Å². The minimum atomic E-state index is 0.454. The van der Waals surface area contributed by atoms with Crippen molar-refractivity contribution in [1.82, 2.24) is 15.3 Å². The van der Waals surface area contributed by atoms with Crippen LogP contribution in [0.4, 0.5) is 17.2 Å². The van der Waals surface area contributed by atoms with E-state index in [1.807, 2.05) is 48.5 Å².